The van der Waals surface area contributed by atoms with Crippen molar-refractivity contribution in [2.45, 2.75) is 38.1 Å². The van der Waals surface area contributed by atoms with E-state index < -0.39 is 5.54 Å². The number of nitrogens with zero attached hydrogens (tertiary/aromatic N) is 2. The number of carbonyl (C=O) groups is 2. The molecule has 150 valence electrons. The van der Waals surface area contributed by atoms with E-state index in [9.17, 15) is 9.59 Å². The van der Waals surface area contributed by atoms with Crippen molar-refractivity contribution in [2.24, 2.45) is 0 Å². The second-order valence-corrected chi connectivity index (χ2v) is 7.77. The predicted octanol–water partition coefficient (Wildman–Crippen LogP) is 1.78. The smallest absolute Gasteiger partial charge is 0.254 e. The molecule has 7 nitrogen and oxygen atoms in total. The lowest BCUT2D eigenvalue weighted by Crippen LogP contribution is -2.67. The fraction of sp³-hybridized carbons (Fsp3) is 0.524. The molecule has 0 aliphatic carbocycles. The van der Waals surface area contributed by atoms with Crippen molar-refractivity contribution < 1.29 is 19.4 Å². The van der Waals surface area contributed by atoms with Gasteiger partial charge in [-0.3, -0.25) is 9.59 Å². The molecular formula is C21H27N3O4. The van der Waals surface area contributed by atoms with Gasteiger partial charge in [-0.05, 0) is 56.4 Å². The summed E-state index contributed by atoms with van der Waals surface area (Å²) in [6.07, 6.45) is 3.06. The molecule has 1 atom stereocenters. The van der Waals surface area contributed by atoms with Crippen molar-refractivity contribution in [3.8, 4) is 5.75 Å². The number of aromatic amines is 1. The molecule has 1 saturated heterocycles. The van der Waals surface area contributed by atoms with Gasteiger partial charge in [-0.15, -0.1) is 0 Å². The first-order chi connectivity index (χ1) is 13.5. The van der Waals surface area contributed by atoms with E-state index in [2.05, 4.69) is 4.98 Å². The Balaban J connectivity index is 1.72. The molecule has 2 aliphatic heterocycles. The first kappa shape index (κ1) is 18.8. The van der Waals surface area contributed by atoms with Gasteiger partial charge in [0.25, 0.3) is 5.91 Å². The van der Waals surface area contributed by atoms with E-state index >= 15 is 0 Å². The van der Waals surface area contributed by atoms with E-state index in [0.29, 0.717) is 25.9 Å². The molecule has 0 spiro atoms. The van der Waals surface area contributed by atoms with Crippen LogP contribution in [0.2, 0.25) is 0 Å². The zero-order valence-corrected chi connectivity index (χ0v) is 16.5. The number of unbranched alkanes of at least 4 members (excludes halogenated alkanes) is 2. The maximum Gasteiger partial charge on any atom is 0.254 e. The zero-order valence-electron chi connectivity index (χ0n) is 16.5. The summed E-state index contributed by atoms with van der Waals surface area (Å²) in [4.78, 5) is 33.2. The molecule has 28 heavy (non-hydrogen) atoms. The molecule has 0 radical (unpaired) electrons. The van der Waals surface area contributed by atoms with Crippen LogP contribution in [0.15, 0.2) is 18.2 Å². The lowest BCUT2D eigenvalue weighted by atomic mass is 9.83. The van der Waals surface area contributed by atoms with Crippen LogP contribution < -0.4 is 4.74 Å². The fourth-order valence-electron chi connectivity index (χ4n) is 4.61. The Kier molecular flexibility index (Phi) is 4.79. The number of carbonyl (C=O) groups excluding carboxylic acids is 2. The Morgan fingerprint density at radius 1 is 1.25 bits per heavy atom. The first-order valence-electron chi connectivity index (χ1n) is 9.90. The number of aliphatic hydroxyl groups is 1. The second-order valence-electron chi connectivity index (χ2n) is 7.77. The molecule has 1 aromatic heterocycles. The van der Waals surface area contributed by atoms with Crippen molar-refractivity contribution in [2.75, 3.05) is 33.4 Å². The van der Waals surface area contributed by atoms with Crippen LogP contribution in [-0.4, -0.2) is 65.1 Å². The highest BCUT2D eigenvalue weighted by Gasteiger charge is 2.53. The average molecular weight is 385 g/mol. The molecular weight excluding hydrogens is 358 g/mol. The van der Waals surface area contributed by atoms with Crippen LogP contribution in [0.3, 0.4) is 0 Å². The highest BCUT2D eigenvalue weighted by Crippen LogP contribution is 2.42. The van der Waals surface area contributed by atoms with Gasteiger partial charge in [0.1, 0.15) is 5.75 Å². The molecule has 1 fully saturated rings. The highest BCUT2D eigenvalue weighted by molar-refractivity contribution is 6.00. The second kappa shape index (κ2) is 7.13. The number of amides is 2. The van der Waals surface area contributed by atoms with Gasteiger partial charge in [-0.25, -0.2) is 0 Å². The number of ether oxygens (including phenoxy) is 1. The number of fused-ring (bicyclic) bond motifs is 5. The summed E-state index contributed by atoms with van der Waals surface area (Å²) in [7, 11) is 1.64. The van der Waals surface area contributed by atoms with Crippen molar-refractivity contribution >= 4 is 22.7 Å². The SMILES string of the molecule is COc1ccc2[nH]c3c(c2c1)CCN1C(=O)CN(CCCCCO)C(=O)[C@@]31C. The zero-order chi connectivity index (χ0) is 19.9. The highest BCUT2D eigenvalue weighted by atomic mass is 16.5. The number of methoxy groups -OCH3 is 1. The van der Waals surface area contributed by atoms with Gasteiger partial charge >= 0.3 is 0 Å². The number of nitrogens with one attached hydrogen (secondary N) is 1. The number of H-pyrrole nitrogens is 1. The standard InChI is InChI=1S/C21H27N3O4/c1-21-19-15(16-12-14(28-2)6-7-17(16)22-19)8-10-24(21)18(26)13-23(20(21)27)9-4-3-5-11-25/h6-7,12,22,25H,3-5,8-11,13H2,1-2H3/t21-/m1/s1. The molecule has 2 amide bonds. The molecule has 7 heteroatoms. The summed E-state index contributed by atoms with van der Waals surface area (Å²) in [5, 5.41) is 10.0. The van der Waals surface area contributed by atoms with Crippen molar-refractivity contribution in [1.29, 1.82) is 0 Å². The van der Waals surface area contributed by atoms with Gasteiger partial charge in [0.15, 0.2) is 5.54 Å². The number of hydrogen-bond donors (Lipinski definition) is 2. The van der Waals surface area contributed by atoms with E-state index in [0.717, 1.165) is 40.8 Å². The Labute approximate surface area is 164 Å². The molecule has 0 unspecified atom stereocenters. The fourth-order valence-corrected chi connectivity index (χ4v) is 4.61. The Hall–Kier alpha value is -2.54. The van der Waals surface area contributed by atoms with Gasteiger partial charge in [0.05, 0.1) is 19.3 Å². The van der Waals surface area contributed by atoms with Crippen LogP contribution >= 0.6 is 0 Å². The van der Waals surface area contributed by atoms with E-state index in [1.54, 1.807) is 16.9 Å². The predicted molar refractivity (Wildman–Crippen MR) is 105 cm³/mol. The maximum atomic E-state index is 13.5. The minimum atomic E-state index is -1.01. The van der Waals surface area contributed by atoms with E-state index in [1.165, 1.54) is 0 Å². The molecule has 0 saturated carbocycles. The summed E-state index contributed by atoms with van der Waals surface area (Å²) in [5.41, 5.74) is 1.86. The van der Waals surface area contributed by atoms with Gasteiger partial charge in [0, 0.05) is 30.6 Å². The number of rotatable bonds is 6. The number of piperazine rings is 1. The topological polar surface area (TPSA) is 85.9 Å². The maximum absolute atomic E-state index is 13.5. The Morgan fingerprint density at radius 2 is 2.07 bits per heavy atom. The molecule has 0 bridgehead atoms. The number of hydrogen-bond acceptors (Lipinski definition) is 4. The number of aromatic nitrogens is 1. The summed E-state index contributed by atoms with van der Waals surface area (Å²) in [6, 6.07) is 5.85. The largest absolute Gasteiger partial charge is 0.497 e. The molecule has 2 aromatic rings. The van der Waals surface area contributed by atoms with Crippen molar-refractivity contribution in [3.63, 3.8) is 0 Å². The minimum absolute atomic E-state index is 0.00820. The van der Waals surface area contributed by atoms with Gasteiger partial charge in [0.2, 0.25) is 5.91 Å². The molecule has 4 rings (SSSR count). The van der Waals surface area contributed by atoms with E-state index in [1.807, 2.05) is 25.1 Å². The average Bonchev–Trinajstić information content (AvgIpc) is 3.08. The number of aliphatic hydroxyl groups excluding tert-OH is 1. The third kappa shape index (κ3) is 2.76. The summed E-state index contributed by atoms with van der Waals surface area (Å²) >= 11 is 0. The Morgan fingerprint density at radius 3 is 2.82 bits per heavy atom. The molecule has 1 aromatic carbocycles. The molecule has 3 heterocycles. The Bertz CT molecular complexity index is 922. The monoisotopic (exact) mass is 385 g/mol. The molecule has 2 aliphatic rings. The van der Waals surface area contributed by atoms with E-state index in [4.69, 9.17) is 9.84 Å². The third-order valence-corrected chi connectivity index (χ3v) is 6.14. The number of benzene rings is 1. The van der Waals surface area contributed by atoms with Gasteiger partial charge < -0.3 is 24.6 Å². The third-order valence-electron chi connectivity index (χ3n) is 6.14. The van der Waals surface area contributed by atoms with Crippen molar-refractivity contribution in [3.05, 3.63) is 29.5 Å². The van der Waals surface area contributed by atoms with Crippen LogP contribution in [0.4, 0.5) is 0 Å². The van der Waals surface area contributed by atoms with Crippen LogP contribution in [0.5, 0.6) is 5.75 Å². The first-order valence-corrected chi connectivity index (χ1v) is 9.90. The van der Waals surface area contributed by atoms with Crippen LogP contribution in [0.25, 0.3) is 10.9 Å². The lowest BCUT2D eigenvalue weighted by Gasteiger charge is -2.49. The van der Waals surface area contributed by atoms with Gasteiger partial charge in [-0.1, -0.05) is 0 Å². The normalized spacial score (nSPS) is 21.8. The van der Waals surface area contributed by atoms with Crippen LogP contribution in [-0.2, 0) is 21.5 Å². The van der Waals surface area contributed by atoms with E-state index in [-0.39, 0.29) is 25.0 Å². The van der Waals surface area contributed by atoms with Gasteiger partial charge in [-0.2, -0.15) is 0 Å². The minimum Gasteiger partial charge on any atom is -0.497 e. The van der Waals surface area contributed by atoms with Crippen LogP contribution in [0.1, 0.15) is 37.4 Å². The quantitative estimate of drug-likeness (QED) is 0.743. The molecule has 2 N–H and O–H groups in total. The van der Waals surface area contributed by atoms with Crippen molar-refractivity contribution in [1.82, 2.24) is 14.8 Å². The summed E-state index contributed by atoms with van der Waals surface area (Å²) in [6.45, 7) is 3.23. The van der Waals surface area contributed by atoms with Crippen LogP contribution in [0, 0.1) is 0 Å². The lowest BCUT2D eigenvalue weighted by molar-refractivity contribution is -0.166. The summed E-state index contributed by atoms with van der Waals surface area (Å²) in [5.74, 6) is 0.736. The summed E-state index contributed by atoms with van der Waals surface area (Å²) < 4.78 is 5.36.